The van der Waals surface area contributed by atoms with Gasteiger partial charge in [-0.1, -0.05) is 52.0 Å². The van der Waals surface area contributed by atoms with Gasteiger partial charge in [0.05, 0.1) is 0 Å². The maximum absolute atomic E-state index is 12.1. The van der Waals surface area contributed by atoms with Crippen molar-refractivity contribution in [3.05, 3.63) is 35.4 Å². The van der Waals surface area contributed by atoms with E-state index in [1.54, 1.807) is 26.0 Å². The standard InChI is InChI=1S/C15H20O3/c1-9(2)11-5-7-12(8-6-11)14(16)13(10(3)4)15(17)18/h5-10,13H,1-4H3,(H,17,18). The second-order valence-corrected chi connectivity index (χ2v) is 5.20. The fourth-order valence-electron chi connectivity index (χ4n) is 1.91. The predicted octanol–water partition coefficient (Wildman–Crippen LogP) is 3.35. The second kappa shape index (κ2) is 5.80. The van der Waals surface area contributed by atoms with Crippen LogP contribution in [0.4, 0.5) is 0 Å². The van der Waals surface area contributed by atoms with E-state index in [4.69, 9.17) is 5.11 Å². The Bertz CT molecular complexity index is 430. The molecule has 0 aromatic heterocycles. The van der Waals surface area contributed by atoms with E-state index >= 15 is 0 Å². The van der Waals surface area contributed by atoms with Crippen molar-refractivity contribution in [2.45, 2.75) is 33.6 Å². The summed E-state index contributed by atoms with van der Waals surface area (Å²) in [6.45, 7) is 7.65. The summed E-state index contributed by atoms with van der Waals surface area (Å²) in [4.78, 5) is 23.2. The molecule has 1 aromatic rings. The molecule has 0 saturated heterocycles. The van der Waals surface area contributed by atoms with Gasteiger partial charge in [-0.05, 0) is 17.4 Å². The van der Waals surface area contributed by atoms with Gasteiger partial charge in [0.25, 0.3) is 0 Å². The van der Waals surface area contributed by atoms with Gasteiger partial charge >= 0.3 is 5.97 Å². The van der Waals surface area contributed by atoms with Crippen molar-refractivity contribution in [2.75, 3.05) is 0 Å². The maximum atomic E-state index is 12.1. The molecular weight excluding hydrogens is 228 g/mol. The minimum Gasteiger partial charge on any atom is -0.481 e. The molecule has 0 radical (unpaired) electrons. The molecule has 3 heteroatoms. The van der Waals surface area contributed by atoms with Crippen molar-refractivity contribution in [1.82, 2.24) is 0 Å². The Morgan fingerprint density at radius 1 is 1.00 bits per heavy atom. The van der Waals surface area contributed by atoms with E-state index in [2.05, 4.69) is 13.8 Å². The average Bonchev–Trinajstić information content (AvgIpc) is 2.28. The topological polar surface area (TPSA) is 54.4 Å². The predicted molar refractivity (Wildman–Crippen MR) is 70.8 cm³/mol. The highest BCUT2D eigenvalue weighted by atomic mass is 16.4. The molecule has 0 aliphatic carbocycles. The minimum atomic E-state index is -1.05. The van der Waals surface area contributed by atoms with Crippen LogP contribution in [-0.2, 0) is 4.79 Å². The fourth-order valence-corrected chi connectivity index (χ4v) is 1.91. The van der Waals surface area contributed by atoms with E-state index < -0.39 is 11.9 Å². The first-order chi connectivity index (χ1) is 8.34. The van der Waals surface area contributed by atoms with Crippen molar-refractivity contribution >= 4 is 11.8 Å². The number of hydrogen-bond donors (Lipinski definition) is 1. The SMILES string of the molecule is CC(C)c1ccc(C(=O)C(C(=O)O)C(C)C)cc1. The Labute approximate surface area is 108 Å². The van der Waals surface area contributed by atoms with Crippen LogP contribution >= 0.6 is 0 Å². The molecule has 0 spiro atoms. The number of carbonyl (C=O) groups is 2. The number of hydrogen-bond acceptors (Lipinski definition) is 2. The molecule has 1 rings (SSSR count). The third-order valence-corrected chi connectivity index (χ3v) is 3.08. The molecule has 0 aliphatic rings. The van der Waals surface area contributed by atoms with Gasteiger partial charge < -0.3 is 5.11 Å². The van der Waals surface area contributed by atoms with Crippen molar-refractivity contribution in [3.63, 3.8) is 0 Å². The lowest BCUT2D eigenvalue weighted by molar-refractivity contribution is -0.141. The molecule has 0 amide bonds. The summed E-state index contributed by atoms with van der Waals surface area (Å²) in [6.07, 6.45) is 0. The van der Waals surface area contributed by atoms with Crippen LogP contribution in [0.2, 0.25) is 0 Å². The summed E-state index contributed by atoms with van der Waals surface area (Å²) in [5.41, 5.74) is 1.61. The molecule has 0 bridgehead atoms. The van der Waals surface area contributed by atoms with Gasteiger partial charge in [-0.15, -0.1) is 0 Å². The number of benzene rings is 1. The van der Waals surface area contributed by atoms with Crippen LogP contribution in [0.15, 0.2) is 24.3 Å². The third kappa shape index (κ3) is 3.19. The van der Waals surface area contributed by atoms with Gasteiger partial charge in [0, 0.05) is 5.56 Å². The zero-order valence-electron chi connectivity index (χ0n) is 11.3. The minimum absolute atomic E-state index is 0.209. The fraction of sp³-hybridized carbons (Fsp3) is 0.467. The Balaban J connectivity index is 2.99. The zero-order valence-corrected chi connectivity index (χ0v) is 11.3. The van der Waals surface area contributed by atoms with E-state index in [-0.39, 0.29) is 11.7 Å². The van der Waals surface area contributed by atoms with E-state index in [9.17, 15) is 9.59 Å². The van der Waals surface area contributed by atoms with E-state index in [0.717, 1.165) is 5.56 Å². The Morgan fingerprint density at radius 2 is 1.50 bits per heavy atom. The van der Waals surface area contributed by atoms with Gasteiger partial charge in [0.1, 0.15) is 5.92 Å². The third-order valence-electron chi connectivity index (χ3n) is 3.08. The summed E-state index contributed by atoms with van der Waals surface area (Å²) in [6, 6.07) is 7.21. The maximum Gasteiger partial charge on any atom is 0.314 e. The number of ketones is 1. The number of Topliss-reactive ketones (excluding diaryl/α,β-unsaturated/α-hetero) is 1. The van der Waals surface area contributed by atoms with Crippen LogP contribution in [0.5, 0.6) is 0 Å². The number of rotatable bonds is 5. The lowest BCUT2D eigenvalue weighted by Crippen LogP contribution is -2.28. The van der Waals surface area contributed by atoms with Crippen molar-refractivity contribution in [3.8, 4) is 0 Å². The molecule has 0 heterocycles. The molecule has 0 fully saturated rings. The molecule has 0 aliphatic heterocycles. The van der Waals surface area contributed by atoms with Crippen LogP contribution < -0.4 is 0 Å². The molecule has 1 atom stereocenters. The van der Waals surface area contributed by atoms with Gasteiger partial charge in [0.15, 0.2) is 5.78 Å². The van der Waals surface area contributed by atoms with Crippen LogP contribution in [0.3, 0.4) is 0 Å². The number of aliphatic carboxylic acids is 1. The summed E-state index contributed by atoms with van der Waals surface area (Å²) in [7, 11) is 0. The van der Waals surface area contributed by atoms with E-state index in [1.165, 1.54) is 0 Å². The highest BCUT2D eigenvalue weighted by molar-refractivity contribution is 6.08. The number of carboxylic acid groups (broad SMARTS) is 1. The molecule has 0 saturated carbocycles. The van der Waals surface area contributed by atoms with Crippen LogP contribution in [0.25, 0.3) is 0 Å². The molecule has 98 valence electrons. The molecule has 18 heavy (non-hydrogen) atoms. The van der Waals surface area contributed by atoms with Crippen LogP contribution in [0, 0.1) is 11.8 Å². The van der Waals surface area contributed by atoms with Gasteiger partial charge in [-0.2, -0.15) is 0 Å². The molecule has 1 unspecified atom stereocenters. The van der Waals surface area contributed by atoms with Crippen molar-refractivity contribution in [2.24, 2.45) is 11.8 Å². The summed E-state index contributed by atoms with van der Waals surface area (Å²) in [5.74, 6) is -2.14. The summed E-state index contributed by atoms with van der Waals surface area (Å²) >= 11 is 0. The Kier molecular flexibility index (Phi) is 4.65. The number of carbonyl (C=O) groups excluding carboxylic acids is 1. The second-order valence-electron chi connectivity index (χ2n) is 5.20. The van der Waals surface area contributed by atoms with Gasteiger partial charge in [-0.3, -0.25) is 9.59 Å². The molecule has 1 aromatic carbocycles. The monoisotopic (exact) mass is 248 g/mol. The molecule has 1 N–H and O–H groups in total. The molecule has 3 nitrogen and oxygen atoms in total. The van der Waals surface area contributed by atoms with Gasteiger partial charge in [0.2, 0.25) is 0 Å². The zero-order chi connectivity index (χ0) is 13.9. The summed E-state index contributed by atoms with van der Waals surface area (Å²) in [5, 5.41) is 9.10. The first-order valence-corrected chi connectivity index (χ1v) is 6.21. The van der Waals surface area contributed by atoms with E-state index in [0.29, 0.717) is 11.5 Å². The normalized spacial score (nSPS) is 12.8. The van der Waals surface area contributed by atoms with Crippen molar-refractivity contribution in [1.29, 1.82) is 0 Å². The first kappa shape index (κ1) is 14.4. The highest BCUT2D eigenvalue weighted by Gasteiger charge is 2.30. The van der Waals surface area contributed by atoms with Crippen molar-refractivity contribution < 1.29 is 14.7 Å². The average molecular weight is 248 g/mol. The Morgan fingerprint density at radius 3 is 1.83 bits per heavy atom. The Hall–Kier alpha value is -1.64. The first-order valence-electron chi connectivity index (χ1n) is 6.21. The quantitative estimate of drug-likeness (QED) is 0.642. The van der Waals surface area contributed by atoms with Crippen LogP contribution in [0.1, 0.15) is 49.5 Å². The van der Waals surface area contributed by atoms with Crippen LogP contribution in [-0.4, -0.2) is 16.9 Å². The highest BCUT2D eigenvalue weighted by Crippen LogP contribution is 2.20. The van der Waals surface area contributed by atoms with E-state index in [1.807, 2.05) is 12.1 Å². The lowest BCUT2D eigenvalue weighted by Gasteiger charge is -2.15. The lowest BCUT2D eigenvalue weighted by atomic mass is 9.87. The molecular formula is C15H20O3. The number of carboxylic acids is 1. The van der Waals surface area contributed by atoms with Gasteiger partial charge in [-0.25, -0.2) is 0 Å². The summed E-state index contributed by atoms with van der Waals surface area (Å²) < 4.78 is 0. The smallest absolute Gasteiger partial charge is 0.314 e. The largest absolute Gasteiger partial charge is 0.481 e.